The summed E-state index contributed by atoms with van der Waals surface area (Å²) in [5, 5.41) is 5.44. The van der Waals surface area contributed by atoms with Crippen molar-refractivity contribution in [1.29, 1.82) is 0 Å². The van der Waals surface area contributed by atoms with Crippen LogP contribution in [-0.2, 0) is 9.53 Å². The molecule has 19 heavy (non-hydrogen) atoms. The summed E-state index contributed by atoms with van der Waals surface area (Å²) in [6.07, 6.45) is 0.336. The van der Waals surface area contributed by atoms with Crippen LogP contribution in [0.2, 0.25) is 0 Å². The van der Waals surface area contributed by atoms with E-state index in [1.54, 1.807) is 19.2 Å². The molecular weight excluding hydrogens is 244 g/mol. The summed E-state index contributed by atoms with van der Waals surface area (Å²) in [4.78, 5) is 23.0. The summed E-state index contributed by atoms with van der Waals surface area (Å²) in [5.74, 6) is -0.211. The third-order valence-electron chi connectivity index (χ3n) is 2.58. The average molecular weight is 264 g/mol. The second-order valence-corrected chi connectivity index (χ2v) is 4.21. The van der Waals surface area contributed by atoms with E-state index in [1.807, 2.05) is 19.1 Å². The van der Waals surface area contributed by atoms with Crippen LogP contribution in [0.1, 0.15) is 22.3 Å². The number of carbonyl (C=O) groups excluding carboxylic acids is 2. The van der Waals surface area contributed by atoms with Crippen LogP contribution in [0, 0.1) is 6.92 Å². The molecule has 0 unspecified atom stereocenters. The molecule has 1 rings (SSSR count). The number of ether oxygens (including phenoxy) is 1. The van der Waals surface area contributed by atoms with Crippen molar-refractivity contribution < 1.29 is 14.3 Å². The maximum absolute atomic E-state index is 11.7. The van der Waals surface area contributed by atoms with Crippen molar-refractivity contribution in [2.45, 2.75) is 13.3 Å². The zero-order chi connectivity index (χ0) is 14.1. The zero-order valence-corrected chi connectivity index (χ0v) is 11.4. The molecule has 0 aliphatic rings. The largest absolute Gasteiger partial charge is 0.384 e. The van der Waals surface area contributed by atoms with Gasteiger partial charge in [0.25, 0.3) is 5.91 Å². The van der Waals surface area contributed by atoms with Gasteiger partial charge in [-0.2, -0.15) is 0 Å². The molecule has 0 aromatic heterocycles. The fourth-order valence-electron chi connectivity index (χ4n) is 1.47. The number of hydrogen-bond donors (Lipinski definition) is 2. The standard InChI is InChI=1S/C14H20N2O3/c1-11-3-5-12(6-4-11)14(18)16-9-8-15-13(17)7-10-19-2/h3-6H,7-10H2,1-2H3,(H,15,17)(H,16,18). The fraction of sp³-hybridized carbons (Fsp3) is 0.429. The highest BCUT2D eigenvalue weighted by Crippen LogP contribution is 2.02. The Hall–Kier alpha value is -1.88. The molecule has 104 valence electrons. The molecule has 0 bridgehead atoms. The molecule has 0 spiro atoms. The maximum atomic E-state index is 11.7. The highest BCUT2D eigenvalue weighted by molar-refractivity contribution is 5.94. The second kappa shape index (κ2) is 8.26. The molecule has 1 aromatic rings. The molecule has 0 saturated heterocycles. The first-order valence-electron chi connectivity index (χ1n) is 6.24. The van der Waals surface area contributed by atoms with Crippen molar-refractivity contribution in [3.8, 4) is 0 Å². The summed E-state index contributed by atoms with van der Waals surface area (Å²) < 4.78 is 4.79. The number of hydrogen-bond acceptors (Lipinski definition) is 3. The van der Waals surface area contributed by atoms with Crippen LogP contribution in [0.5, 0.6) is 0 Å². The number of nitrogens with one attached hydrogen (secondary N) is 2. The van der Waals surface area contributed by atoms with Gasteiger partial charge in [0.05, 0.1) is 6.61 Å². The Bertz CT molecular complexity index is 415. The van der Waals surface area contributed by atoms with E-state index in [0.717, 1.165) is 5.56 Å². The zero-order valence-electron chi connectivity index (χ0n) is 11.4. The van der Waals surface area contributed by atoms with Crippen molar-refractivity contribution in [3.63, 3.8) is 0 Å². The molecule has 1 aromatic carbocycles. The molecule has 0 aliphatic carbocycles. The molecular formula is C14H20N2O3. The third-order valence-corrected chi connectivity index (χ3v) is 2.58. The van der Waals surface area contributed by atoms with E-state index < -0.39 is 0 Å². The molecule has 0 atom stereocenters. The van der Waals surface area contributed by atoms with Crippen molar-refractivity contribution in [2.24, 2.45) is 0 Å². The summed E-state index contributed by atoms with van der Waals surface area (Å²) in [7, 11) is 1.55. The fourth-order valence-corrected chi connectivity index (χ4v) is 1.47. The Morgan fingerprint density at radius 2 is 1.74 bits per heavy atom. The number of amides is 2. The van der Waals surface area contributed by atoms with Crippen molar-refractivity contribution in [1.82, 2.24) is 10.6 Å². The van der Waals surface area contributed by atoms with Crippen LogP contribution in [-0.4, -0.2) is 38.6 Å². The molecule has 2 amide bonds. The first-order valence-corrected chi connectivity index (χ1v) is 6.24. The minimum absolute atomic E-state index is 0.0774. The lowest BCUT2D eigenvalue weighted by atomic mass is 10.1. The van der Waals surface area contributed by atoms with Gasteiger partial charge < -0.3 is 15.4 Å². The third kappa shape index (κ3) is 6.01. The maximum Gasteiger partial charge on any atom is 0.251 e. The summed E-state index contributed by atoms with van der Waals surface area (Å²) >= 11 is 0. The van der Waals surface area contributed by atoms with Gasteiger partial charge >= 0.3 is 0 Å². The average Bonchev–Trinajstić information content (AvgIpc) is 2.41. The SMILES string of the molecule is COCCC(=O)NCCNC(=O)c1ccc(C)cc1. The van der Waals surface area contributed by atoms with Gasteiger partial charge in [0.15, 0.2) is 0 Å². The topological polar surface area (TPSA) is 67.4 Å². The van der Waals surface area contributed by atoms with Gasteiger partial charge in [0.1, 0.15) is 0 Å². The van der Waals surface area contributed by atoms with Crippen LogP contribution in [0.15, 0.2) is 24.3 Å². The second-order valence-electron chi connectivity index (χ2n) is 4.21. The first-order chi connectivity index (χ1) is 9.13. The van der Waals surface area contributed by atoms with Crippen LogP contribution in [0.3, 0.4) is 0 Å². The van der Waals surface area contributed by atoms with E-state index in [-0.39, 0.29) is 11.8 Å². The van der Waals surface area contributed by atoms with Gasteiger partial charge in [-0.25, -0.2) is 0 Å². The predicted molar refractivity (Wildman–Crippen MR) is 73.0 cm³/mol. The molecule has 0 radical (unpaired) electrons. The van der Waals surface area contributed by atoms with Crippen LogP contribution in [0.25, 0.3) is 0 Å². The number of methoxy groups -OCH3 is 1. The van der Waals surface area contributed by atoms with Gasteiger partial charge in [0.2, 0.25) is 5.91 Å². The number of carbonyl (C=O) groups is 2. The number of aryl methyl sites for hydroxylation is 1. The van der Waals surface area contributed by atoms with Crippen LogP contribution >= 0.6 is 0 Å². The van der Waals surface area contributed by atoms with E-state index >= 15 is 0 Å². The molecule has 0 saturated carbocycles. The summed E-state index contributed by atoms with van der Waals surface area (Å²) in [5.41, 5.74) is 1.73. The smallest absolute Gasteiger partial charge is 0.251 e. The van der Waals surface area contributed by atoms with E-state index in [1.165, 1.54) is 0 Å². The molecule has 2 N–H and O–H groups in total. The van der Waals surface area contributed by atoms with E-state index in [9.17, 15) is 9.59 Å². The Morgan fingerprint density at radius 1 is 1.11 bits per heavy atom. The highest BCUT2D eigenvalue weighted by atomic mass is 16.5. The highest BCUT2D eigenvalue weighted by Gasteiger charge is 2.04. The molecule has 5 nitrogen and oxygen atoms in total. The number of rotatable bonds is 7. The normalized spacial score (nSPS) is 10.0. The summed E-state index contributed by atoms with van der Waals surface area (Å²) in [6.45, 7) is 3.20. The Balaban J connectivity index is 2.20. The van der Waals surface area contributed by atoms with E-state index in [2.05, 4.69) is 10.6 Å². The van der Waals surface area contributed by atoms with Gasteiger partial charge in [-0.15, -0.1) is 0 Å². The van der Waals surface area contributed by atoms with Gasteiger partial charge in [0, 0.05) is 32.2 Å². The van der Waals surface area contributed by atoms with E-state index in [0.29, 0.717) is 31.7 Å². The lowest BCUT2D eigenvalue weighted by Gasteiger charge is -2.07. The lowest BCUT2D eigenvalue weighted by molar-refractivity contribution is -0.121. The summed E-state index contributed by atoms with van der Waals surface area (Å²) in [6, 6.07) is 7.34. The van der Waals surface area contributed by atoms with Crippen LogP contribution < -0.4 is 10.6 Å². The Labute approximate surface area is 113 Å². The van der Waals surface area contributed by atoms with Crippen molar-refractivity contribution in [2.75, 3.05) is 26.8 Å². The van der Waals surface area contributed by atoms with Crippen molar-refractivity contribution in [3.05, 3.63) is 35.4 Å². The minimum atomic E-state index is -0.133. The molecule has 0 aliphatic heterocycles. The number of benzene rings is 1. The van der Waals surface area contributed by atoms with Gasteiger partial charge in [-0.05, 0) is 19.1 Å². The van der Waals surface area contributed by atoms with Crippen LogP contribution in [0.4, 0.5) is 0 Å². The predicted octanol–water partition coefficient (Wildman–Crippen LogP) is 0.878. The first kappa shape index (κ1) is 15.2. The molecule has 0 fully saturated rings. The quantitative estimate of drug-likeness (QED) is 0.718. The van der Waals surface area contributed by atoms with E-state index in [4.69, 9.17) is 4.74 Å². The molecule has 0 heterocycles. The van der Waals surface area contributed by atoms with Gasteiger partial charge in [-0.3, -0.25) is 9.59 Å². The Morgan fingerprint density at radius 3 is 2.37 bits per heavy atom. The van der Waals surface area contributed by atoms with Gasteiger partial charge in [-0.1, -0.05) is 17.7 Å². The van der Waals surface area contributed by atoms with Crippen molar-refractivity contribution >= 4 is 11.8 Å². The lowest BCUT2D eigenvalue weighted by Crippen LogP contribution is -2.34. The monoisotopic (exact) mass is 264 g/mol. The minimum Gasteiger partial charge on any atom is -0.384 e. The Kier molecular flexibility index (Phi) is 6.60. The molecule has 5 heteroatoms.